The van der Waals surface area contributed by atoms with E-state index in [1.807, 2.05) is 6.92 Å². The maximum absolute atomic E-state index is 11.4. The molecule has 0 radical (unpaired) electrons. The van der Waals surface area contributed by atoms with Crippen LogP contribution in [0, 0.1) is 0 Å². The summed E-state index contributed by atoms with van der Waals surface area (Å²) in [5.41, 5.74) is 0.925. The number of aromatic carboxylic acids is 1. The Morgan fingerprint density at radius 1 is 1.38 bits per heavy atom. The first-order valence-corrected chi connectivity index (χ1v) is 5.22. The standard InChI is InChI=1S/C12H15NO3/c1-2-6-13-11(14)8-9-4-3-5-10(7-9)12(15)16/h3-5,7H,2,6,8H2,1H3,(H,13,14)(H,15,16). The molecule has 0 saturated carbocycles. The number of hydrogen-bond donors (Lipinski definition) is 2. The summed E-state index contributed by atoms with van der Waals surface area (Å²) >= 11 is 0. The van der Waals surface area contributed by atoms with E-state index in [4.69, 9.17) is 5.11 Å². The van der Waals surface area contributed by atoms with Gasteiger partial charge < -0.3 is 10.4 Å². The normalized spacial score (nSPS) is 9.81. The number of amides is 1. The molecule has 0 aliphatic carbocycles. The molecule has 1 rings (SSSR count). The molecule has 0 aliphatic heterocycles. The lowest BCUT2D eigenvalue weighted by Crippen LogP contribution is -2.25. The molecule has 86 valence electrons. The van der Waals surface area contributed by atoms with Crippen LogP contribution in [0.5, 0.6) is 0 Å². The van der Waals surface area contributed by atoms with Gasteiger partial charge in [0.05, 0.1) is 12.0 Å². The third-order valence-electron chi connectivity index (χ3n) is 2.11. The van der Waals surface area contributed by atoms with Gasteiger partial charge in [0.1, 0.15) is 0 Å². The predicted molar refractivity (Wildman–Crippen MR) is 60.4 cm³/mol. The molecule has 0 saturated heterocycles. The summed E-state index contributed by atoms with van der Waals surface area (Å²) in [6.07, 6.45) is 1.11. The first-order valence-electron chi connectivity index (χ1n) is 5.22. The molecule has 0 aliphatic rings. The van der Waals surface area contributed by atoms with Crippen LogP contribution in [-0.4, -0.2) is 23.5 Å². The number of carbonyl (C=O) groups is 2. The van der Waals surface area contributed by atoms with E-state index in [1.165, 1.54) is 12.1 Å². The molecule has 4 heteroatoms. The zero-order valence-corrected chi connectivity index (χ0v) is 9.19. The molecular weight excluding hydrogens is 206 g/mol. The van der Waals surface area contributed by atoms with Gasteiger partial charge in [-0.1, -0.05) is 19.1 Å². The SMILES string of the molecule is CCCNC(=O)Cc1cccc(C(=O)O)c1. The highest BCUT2D eigenvalue weighted by Gasteiger charge is 2.06. The van der Waals surface area contributed by atoms with Crippen LogP contribution in [0.25, 0.3) is 0 Å². The Morgan fingerprint density at radius 3 is 2.75 bits per heavy atom. The number of hydrogen-bond acceptors (Lipinski definition) is 2. The third kappa shape index (κ3) is 3.73. The summed E-state index contributed by atoms with van der Waals surface area (Å²) in [5.74, 6) is -1.06. The third-order valence-corrected chi connectivity index (χ3v) is 2.11. The van der Waals surface area contributed by atoms with Crippen molar-refractivity contribution in [1.29, 1.82) is 0 Å². The number of rotatable bonds is 5. The van der Waals surface area contributed by atoms with Crippen molar-refractivity contribution in [3.8, 4) is 0 Å². The highest BCUT2D eigenvalue weighted by molar-refractivity contribution is 5.88. The van der Waals surface area contributed by atoms with Gasteiger partial charge in [0, 0.05) is 6.54 Å². The Hall–Kier alpha value is -1.84. The topological polar surface area (TPSA) is 66.4 Å². The maximum atomic E-state index is 11.4. The lowest BCUT2D eigenvalue weighted by atomic mass is 10.1. The summed E-state index contributed by atoms with van der Waals surface area (Å²) in [4.78, 5) is 22.1. The summed E-state index contributed by atoms with van der Waals surface area (Å²) in [6.45, 7) is 2.63. The molecule has 0 spiro atoms. The van der Waals surface area contributed by atoms with Crippen molar-refractivity contribution in [3.05, 3.63) is 35.4 Å². The predicted octanol–water partition coefficient (Wildman–Crippen LogP) is 1.45. The number of carbonyl (C=O) groups excluding carboxylic acids is 1. The van der Waals surface area contributed by atoms with E-state index < -0.39 is 5.97 Å². The van der Waals surface area contributed by atoms with Crippen LogP contribution in [0.4, 0.5) is 0 Å². The van der Waals surface area contributed by atoms with Crippen molar-refractivity contribution in [1.82, 2.24) is 5.32 Å². The van der Waals surface area contributed by atoms with Gasteiger partial charge in [-0.3, -0.25) is 4.79 Å². The van der Waals surface area contributed by atoms with Crippen molar-refractivity contribution in [2.75, 3.05) is 6.54 Å². The van der Waals surface area contributed by atoms with Crippen molar-refractivity contribution < 1.29 is 14.7 Å². The van der Waals surface area contributed by atoms with E-state index in [0.717, 1.165) is 6.42 Å². The van der Waals surface area contributed by atoms with Crippen LogP contribution >= 0.6 is 0 Å². The first kappa shape index (κ1) is 12.2. The van der Waals surface area contributed by atoms with Crippen LogP contribution in [0.1, 0.15) is 29.3 Å². The Bertz CT molecular complexity index is 388. The van der Waals surface area contributed by atoms with E-state index in [2.05, 4.69) is 5.32 Å². The Kier molecular flexibility index (Phi) is 4.51. The van der Waals surface area contributed by atoms with E-state index in [9.17, 15) is 9.59 Å². The smallest absolute Gasteiger partial charge is 0.335 e. The van der Waals surface area contributed by atoms with Crippen molar-refractivity contribution in [3.63, 3.8) is 0 Å². The van der Waals surface area contributed by atoms with E-state index in [-0.39, 0.29) is 17.9 Å². The molecule has 2 N–H and O–H groups in total. The number of nitrogens with one attached hydrogen (secondary N) is 1. The number of carboxylic acid groups (broad SMARTS) is 1. The molecular formula is C12H15NO3. The van der Waals surface area contributed by atoms with Crippen molar-refractivity contribution in [2.45, 2.75) is 19.8 Å². The zero-order chi connectivity index (χ0) is 12.0. The summed E-state index contributed by atoms with van der Waals surface area (Å²) in [7, 11) is 0. The summed E-state index contributed by atoms with van der Waals surface area (Å²) in [5, 5.41) is 11.5. The lowest BCUT2D eigenvalue weighted by molar-refractivity contribution is -0.120. The van der Waals surface area contributed by atoms with Gasteiger partial charge in [-0.2, -0.15) is 0 Å². The van der Waals surface area contributed by atoms with Crippen molar-refractivity contribution in [2.24, 2.45) is 0 Å². The van der Waals surface area contributed by atoms with Crippen LogP contribution < -0.4 is 5.32 Å². The zero-order valence-electron chi connectivity index (χ0n) is 9.19. The quantitative estimate of drug-likeness (QED) is 0.790. The number of benzene rings is 1. The molecule has 1 aromatic rings. The first-order chi connectivity index (χ1) is 7.63. The van der Waals surface area contributed by atoms with Crippen LogP contribution in [0.3, 0.4) is 0 Å². The molecule has 0 fully saturated rings. The minimum atomic E-state index is -0.976. The largest absolute Gasteiger partial charge is 0.478 e. The molecule has 1 aromatic carbocycles. The molecule has 0 unspecified atom stereocenters. The minimum absolute atomic E-state index is 0.0793. The average Bonchev–Trinajstić information content (AvgIpc) is 2.26. The van der Waals surface area contributed by atoms with Gasteiger partial charge in [0.2, 0.25) is 5.91 Å². The highest BCUT2D eigenvalue weighted by Crippen LogP contribution is 2.06. The van der Waals surface area contributed by atoms with Gasteiger partial charge in [-0.25, -0.2) is 4.79 Å². The van der Waals surface area contributed by atoms with Crippen LogP contribution in [0.15, 0.2) is 24.3 Å². The molecule has 4 nitrogen and oxygen atoms in total. The fraction of sp³-hybridized carbons (Fsp3) is 0.333. The van der Waals surface area contributed by atoms with Gasteiger partial charge in [-0.15, -0.1) is 0 Å². The Labute approximate surface area is 94.3 Å². The van der Waals surface area contributed by atoms with Crippen LogP contribution in [-0.2, 0) is 11.2 Å². The van der Waals surface area contributed by atoms with Gasteiger partial charge >= 0.3 is 5.97 Å². The van der Waals surface area contributed by atoms with Gasteiger partial charge in [-0.05, 0) is 24.1 Å². The molecule has 0 atom stereocenters. The second kappa shape index (κ2) is 5.90. The van der Waals surface area contributed by atoms with E-state index >= 15 is 0 Å². The van der Waals surface area contributed by atoms with E-state index in [0.29, 0.717) is 12.1 Å². The Morgan fingerprint density at radius 2 is 2.12 bits per heavy atom. The highest BCUT2D eigenvalue weighted by atomic mass is 16.4. The Balaban J connectivity index is 2.63. The lowest BCUT2D eigenvalue weighted by Gasteiger charge is -2.04. The van der Waals surface area contributed by atoms with Crippen LogP contribution in [0.2, 0.25) is 0 Å². The molecule has 1 amide bonds. The monoisotopic (exact) mass is 221 g/mol. The van der Waals surface area contributed by atoms with E-state index in [1.54, 1.807) is 12.1 Å². The average molecular weight is 221 g/mol. The molecule has 0 heterocycles. The summed E-state index contributed by atoms with van der Waals surface area (Å²) in [6, 6.07) is 6.42. The molecule has 16 heavy (non-hydrogen) atoms. The minimum Gasteiger partial charge on any atom is -0.478 e. The maximum Gasteiger partial charge on any atom is 0.335 e. The fourth-order valence-electron chi connectivity index (χ4n) is 1.33. The second-order valence-electron chi connectivity index (χ2n) is 3.53. The summed E-state index contributed by atoms with van der Waals surface area (Å²) < 4.78 is 0. The van der Waals surface area contributed by atoms with Crippen molar-refractivity contribution >= 4 is 11.9 Å². The second-order valence-corrected chi connectivity index (χ2v) is 3.53. The molecule has 0 bridgehead atoms. The molecule has 0 aromatic heterocycles. The van der Waals surface area contributed by atoms with Gasteiger partial charge in [0.15, 0.2) is 0 Å². The fourth-order valence-corrected chi connectivity index (χ4v) is 1.33. The van der Waals surface area contributed by atoms with Gasteiger partial charge in [0.25, 0.3) is 0 Å². The number of carboxylic acids is 1.